The summed E-state index contributed by atoms with van der Waals surface area (Å²) in [6.07, 6.45) is 1.58. The molecule has 0 unspecified atom stereocenters. The molecule has 0 radical (unpaired) electrons. The van der Waals surface area contributed by atoms with Crippen LogP contribution in [0.15, 0.2) is 72.0 Å². The van der Waals surface area contributed by atoms with Crippen molar-refractivity contribution in [2.24, 2.45) is 0 Å². The summed E-state index contributed by atoms with van der Waals surface area (Å²) in [4.78, 5) is 8.63. The van der Waals surface area contributed by atoms with E-state index in [1.165, 1.54) is 0 Å². The maximum Gasteiger partial charge on any atom is 0.117 e. The van der Waals surface area contributed by atoms with Gasteiger partial charge in [-0.15, -0.1) is 11.8 Å². The second kappa shape index (κ2) is 6.88. The fraction of sp³-hybridized carbons (Fsp3) is 0.0556. The van der Waals surface area contributed by atoms with E-state index in [1.54, 1.807) is 18.1 Å². The van der Waals surface area contributed by atoms with Gasteiger partial charge in [0.2, 0.25) is 0 Å². The van der Waals surface area contributed by atoms with Gasteiger partial charge in [0, 0.05) is 11.3 Å². The van der Waals surface area contributed by atoms with E-state index in [0.717, 1.165) is 27.6 Å². The van der Waals surface area contributed by atoms with Crippen molar-refractivity contribution in [3.05, 3.63) is 78.1 Å². The van der Waals surface area contributed by atoms with E-state index < -0.39 is 0 Å². The minimum absolute atomic E-state index is 0.715. The lowest BCUT2D eigenvalue weighted by Crippen LogP contribution is -1.90. The van der Waals surface area contributed by atoms with E-state index in [4.69, 9.17) is 5.26 Å². The lowest BCUT2D eigenvalue weighted by molar-refractivity contribution is 1.05. The number of rotatable bonds is 4. The van der Waals surface area contributed by atoms with Gasteiger partial charge in [0.15, 0.2) is 0 Å². The van der Waals surface area contributed by atoms with Crippen LogP contribution in [0.2, 0.25) is 0 Å². The Labute approximate surface area is 133 Å². The molecule has 1 heterocycles. The Bertz CT molecular complexity index is 810. The Morgan fingerprint density at radius 1 is 0.955 bits per heavy atom. The molecule has 0 aliphatic rings. The molecule has 0 N–H and O–H groups in total. The first-order chi connectivity index (χ1) is 10.9. The Morgan fingerprint density at radius 2 is 1.73 bits per heavy atom. The van der Waals surface area contributed by atoms with Crippen molar-refractivity contribution in [2.75, 3.05) is 0 Å². The third-order valence-corrected chi connectivity index (χ3v) is 4.20. The van der Waals surface area contributed by atoms with Crippen LogP contribution in [0.3, 0.4) is 0 Å². The largest absolute Gasteiger partial charge is 0.236 e. The molecule has 0 aliphatic carbocycles. The lowest BCUT2D eigenvalue weighted by atomic mass is 10.1. The summed E-state index contributed by atoms with van der Waals surface area (Å²) in [7, 11) is 0. The van der Waals surface area contributed by atoms with Crippen molar-refractivity contribution in [1.82, 2.24) is 9.97 Å². The first kappa shape index (κ1) is 14.3. The summed E-state index contributed by atoms with van der Waals surface area (Å²) < 4.78 is 0. The number of hydrogen-bond donors (Lipinski definition) is 0. The zero-order chi connectivity index (χ0) is 15.2. The number of thioether (sulfide) groups is 1. The van der Waals surface area contributed by atoms with Crippen LogP contribution < -0.4 is 0 Å². The van der Waals surface area contributed by atoms with Crippen molar-refractivity contribution < 1.29 is 0 Å². The number of benzene rings is 2. The van der Waals surface area contributed by atoms with Crippen LogP contribution in [0.4, 0.5) is 0 Å². The molecule has 106 valence electrons. The average molecular weight is 303 g/mol. The summed E-state index contributed by atoms with van der Waals surface area (Å²) >= 11 is 1.61. The Kier molecular flexibility index (Phi) is 4.47. The van der Waals surface area contributed by atoms with Gasteiger partial charge in [-0.2, -0.15) is 5.26 Å². The first-order valence-electron chi connectivity index (χ1n) is 6.85. The summed E-state index contributed by atoms with van der Waals surface area (Å²) in [6, 6.07) is 21.9. The molecule has 3 aromatic rings. The fourth-order valence-corrected chi connectivity index (χ4v) is 2.96. The highest BCUT2D eigenvalue weighted by atomic mass is 32.2. The van der Waals surface area contributed by atoms with Crippen molar-refractivity contribution in [2.45, 2.75) is 10.8 Å². The van der Waals surface area contributed by atoms with Crippen LogP contribution in [0.1, 0.15) is 11.1 Å². The second-order valence-corrected chi connectivity index (χ2v) is 5.66. The van der Waals surface area contributed by atoms with Gasteiger partial charge in [0.1, 0.15) is 11.4 Å². The zero-order valence-corrected chi connectivity index (χ0v) is 12.6. The molecular weight excluding hydrogens is 290 g/mol. The van der Waals surface area contributed by atoms with Gasteiger partial charge >= 0.3 is 0 Å². The SMILES string of the molecule is N#Cc1ccccc1CSc1cc(-c2ccccc2)ncn1. The van der Waals surface area contributed by atoms with Crippen molar-refractivity contribution in [3.8, 4) is 17.3 Å². The van der Waals surface area contributed by atoms with E-state index in [0.29, 0.717) is 5.56 Å². The van der Waals surface area contributed by atoms with Crippen LogP contribution >= 0.6 is 11.8 Å². The molecule has 0 saturated heterocycles. The summed E-state index contributed by atoms with van der Waals surface area (Å²) in [5, 5.41) is 10.0. The molecule has 0 fully saturated rings. The van der Waals surface area contributed by atoms with E-state index in [2.05, 4.69) is 16.0 Å². The lowest BCUT2D eigenvalue weighted by Gasteiger charge is -2.05. The molecular formula is C18H13N3S. The molecule has 1 aromatic heterocycles. The van der Waals surface area contributed by atoms with Gasteiger partial charge in [-0.25, -0.2) is 9.97 Å². The van der Waals surface area contributed by atoms with Crippen LogP contribution in [0.25, 0.3) is 11.3 Å². The van der Waals surface area contributed by atoms with Gasteiger partial charge in [0.25, 0.3) is 0 Å². The molecule has 3 nitrogen and oxygen atoms in total. The number of nitriles is 1. The van der Waals surface area contributed by atoms with Gasteiger partial charge in [0.05, 0.1) is 17.3 Å². The number of hydrogen-bond acceptors (Lipinski definition) is 4. The average Bonchev–Trinajstić information content (AvgIpc) is 2.61. The van der Waals surface area contributed by atoms with Gasteiger partial charge in [-0.3, -0.25) is 0 Å². The Hall–Kier alpha value is -2.64. The summed E-state index contributed by atoms with van der Waals surface area (Å²) in [6.45, 7) is 0. The Balaban J connectivity index is 1.78. The monoisotopic (exact) mass is 303 g/mol. The smallest absolute Gasteiger partial charge is 0.117 e. The minimum atomic E-state index is 0.715. The van der Waals surface area contributed by atoms with E-state index >= 15 is 0 Å². The Morgan fingerprint density at radius 3 is 2.55 bits per heavy atom. The van der Waals surface area contributed by atoms with E-state index in [9.17, 15) is 0 Å². The molecule has 0 atom stereocenters. The molecule has 0 saturated carbocycles. The first-order valence-corrected chi connectivity index (χ1v) is 7.83. The number of nitrogens with zero attached hydrogens (tertiary/aromatic N) is 3. The quantitative estimate of drug-likeness (QED) is 0.532. The molecule has 4 heteroatoms. The predicted molar refractivity (Wildman–Crippen MR) is 88.2 cm³/mol. The normalized spacial score (nSPS) is 10.1. The van der Waals surface area contributed by atoms with Gasteiger partial charge < -0.3 is 0 Å². The second-order valence-electron chi connectivity index (χ2n) is 4.67. The fourth-order valence-electron chi connectivity index (χ4n) is 2.09. The van der Waals surface area contributed by atoms with Crippen LogP contribution in [-0.2, 0) is 5.75 Å². The zero-order valence-electron chi connectivity index (χ0n) is 11.8. The number of aromatic nitrogens is 2. The van der Waals surface area contributed by atoms with Gasteiger partial charge in [-0.1, -0.05) is 48.5 Å². The highest BCUT2D eigenvalue weighted by Gasteiger charge is 2.05. The highest BCUT2D eigenvalue weighted by molar-refractivity contribution is 7.98. The third-order valence-electron chi connectivity index (χ3n) is 3.22. The van der Waals surface area contributed by atoms with Crippen molar-refractivity contribution in [3.63, 3.8) is 0 Å². The molecule has 3 rings (SSSR count). The predicted octanol–water partition coefficient (Wildman–Crippen LogP) is 4.31. The standard InChI is InChI=1S/C18H13N3S/c19-11-15-8-4-5-9-16(15)12-22-18-10-17(20-13-21-18)14-6-2-1-3-7-14/h1-10,13H,12H2. The van der Waals surface area contributed by atoms with Crippen LogP contribution in [0.5, 0.6) is 0 Å². The maximum atomic E-state index is 9.12. The summed E-state index contributed by atoms with van der Waals surface area (Å²) in [5.74, 6) is 0.717. The highest BCUT2D eigenvalue weighted by Crippen LogP contribution is 2.25. The van der Waals surface area contributed by atoms with Crippen molar-refractivity contribution in [1.29, 1.82) is 5.26 Å². The molecule has 0 bridgehead atoms. The molecule has 0 spiro atoms. The topological polar surface area (TPSA) is 49.6 Å². The molecule has 22 heavy (non-hydrogen) atoms. The van der Waals surface area contributed by atoms with Crippen LogP contribution in [0, 0.1) is 11.3 Å². The van der Waals surface area contributed by atoms with E-state index in [1.807, 2.05) is 60.7 Å². The van der Waals surface area contributed by atoms with Gasteiger partial charge in [-0.05, 0) is 17.7 Å². The summed E-state index contributed by atoms with van der Waals surface area (Å²) in [5.41, 5.74) is 3.72. The molecule has 0 aliphatic heterocycles. The molecule has 0 amide bonds. The van der Waals surface area contributed by atoms with Crippen molar-refractivity contribution >= 4 is 11.8 Å². The maximum absolute atomic E-state index is 9.12. The minimum Gasteiger partial charge on any atom is -0.236 e. The molecule has 2 aromatic carbocycles. The van der Waals surface area contributed by atoms with Crippen LogP contribution in [-0.4, -0.2) is 9.97 Å². The van der Waals surface area contributed by atoms with E-state index in [-0.39, 0.29) is 0 Å². The third kappa shape index (κ3) is 3.33.